The highest BCUT2D eigenvalue weighted by molar-refractivity contribution is 6.01. The van der Waals surface area contributed by atoms with Gasteiger partial charge in [0.15, 0.2) is 5.78 Å². The van der Waals surface area contributed by atoms with Crippen LogP contribution in [0.3, 0.4) is 0 Å². The highest BCUT2D eigenvalue weighted by Gasteiger charge is 2.31. The highest BCUT2D eigenvalue weighted by atomic mass is 16.6. The van der Waals surface area contributed by atoms with E-state index in [4.69, 9.17) is 30.5 Å². The standard InChI is InChI=1S/C22H23NO5.C18H17NO4.C5H7NO2.C3H7NO2.2CH4/c1-13(21(25)26)11-20(24)14(2)23-22(27)28-12-19-17-9-5-3-7-15(17)16-8-4-6-10-18(16)19;1-11(17(20)21)19-18(22)23-10-16-14-8-4-2-6-12(14)13-7-3-5-9-15(13)16;1-6-4(7)2-3-5(6)8;1-2(4)3(5)6;;/h3-10,13-14,19H,11-12H2,1-2H3,(H,23,27)(H,25,26);2-9,11,16H,10H2,1H3,(H,19,22)(H,20,21);2-3H2,1H3;2H,4H2,1H3,(H,5,6);2*1H4. The minimum atomic E-state index is -1.10. The Balaban J connectivity index is 0.000000352. The van der Waals surface area contributed by atoms with Gasteiger partial charge in [0, 0.05) is 38.1 Å². The number of nitrogens with one attached hydrogen (secondary N) is 2. The van der Waals surface area contributed by atoms with Crippen LogP contribution >= 0.6 is 0 Å². The van der Waals surface area contributed by atoms with Crippen molar-refractivity contribution < 1.29 is 63.1 Å². The number of imide groups is 1. The molecule has 4 aromatic rings. The number of carboxylic acids is 3. The lowest BCUT2D eigenvalue weighted by molar-refractivity contribution is -0.143. The molecule has 1 saturated heterocycles. The molecule has 4 unspecified atom stereocenters. The van der Waals surface area contributed by atoms with Crippen molar-refractivity contribution in [2.24, 2.45) is 11.7 Å². The van der Waals surface area contributed by atoms with Gasteiger partial charge in [0.1, 0.15) is 25.3 Å². The second kappa shape index (κ2) is 25.9. The molecule has 0 bridgehead atoms. The number of Topliss-reactive ketones (excluding diaryl/α,β-unsaturated/α-hetero) is 1. The normalized spacial score (nSPS) is 14.4. The van der Waals surface area contributed by atoms with Crippen LogP contribution in [-0.4, -0.2) is 106 Å². The maximum atomic E-state index is 12.2. The van der Waals surface area contributed by atoms with Crippen LogP contribution in [-0.2, 0) is 38.2 Å². The maximum Gasteiger partial charge on any atom is 0.407 e. The van der Waals surface area contributed by atoms with Crippen LogP contribution in [0.1, 0.15) is 95.9 Å². The van der Waals surface area contributed by atoms with E-state index < -0.39 is 54.1 Å². The number of alkyl carbamates (subject to hydrolysis) is 2. The molecule has 17 nitrogen and oxygen atoms in total. The first-order chi connectivity index (χ1) is 30.8. The topological polar surface area (TPSA) is 269 Å². The average molecular weight is 927 g/mol. The summed E-state index contributed by atoms with van der Waals surface area (Å²) in [4.78, 5) is 89.3. The number of nitrogens with two attached hydrogens (primary N) is 1. The molecule has 4 aromatic carbocycles. The molecular formula is C50H62N4O13. The lowest BCUT2D eigenvalue weighted by Crippen LogP contribution is -2.40. The number of fused-ring (bicyclic) bond motifs is 6. The zero-order valence-corrected chi connectivity index (χ0v) is 36.7. The van der Waals surface area contributed by atoms with Crippen molar-refractivity contribution in [2.45, 2.75) is 91.8 Å². The molecule has 3 aliphatic rings. The summed E-state index contributed by atoms with van der Waals surface area (Å²) in [6.07, 6.45) is -0.752. The molecule has 4 atom stereocenters. The fourth-order valence-corrected chi connectivity index (χ4v) is 7.03. The van der Waals surface area contributed by atoms with E-state index in [1.807, 2.05) is 72.8 Å². The smallest absolute Gasteiger partial charge is 0.407 e. The average Bonchev–Trinajstić information content (AvgIpc) is 3.89. The zero-order chi connectivity index (χ0) is 48.0. The number of carbonyl (C=O) groups is 8. The van der Waals surface area contributed by atoms with Crippen LogP contribution in [0, 0.1) is 5.92 Å². The Bertz CT molecular complexity index is 2290. The molecule has 0 radical (unpaired) electrons. The van der Waals surface area contributed by atoms with Crippen LogP contribution in [0.2, 0.25) is 0 Å². The van der Waals surface area contributed by atoms with Crippen molar-refractivity contribution in [1.29, 1.82) is 0 Å². The highest BCUT2D eigenvalue weighted by Crippen LogP contribution is 2.45. The van der Waals surface area contributed by atoms with Crippen molar-refractivity contribution >= 4 is 47.7 Å². The quantitative estimate of drug-likeness (QED) is 0.0778. The molecule has 7 rings (SSSR count). The summed E-state index contributed by atoms with van der Waals surface area (Å²) in [5.74, 6) is -4.45. The van der Waals surface area contributed by atoms with Crippen molar-refractivity contribution in [3.05, 3.63) is 119 Å². The fraction of sp³-hybridized carbons (Fsp3) is 0.360. The van der Waals surface area contributed by atoms with Crippen LogP contribution < -0.4 is 16.4 Å². The van der Waals surface area contributed by atoms with E-state index in [2.05, 4.69) is 34.9 Å². The van der Waals surface area contributed by atoms with Crippen molar-refractivity contribution in [3.63, 3.8) is 0 Å². The molecular weight excluding hydrogens is 865 g/mol. The van der Waals surface area contributed by atoms with Gasteiger partial charge in [-0.3, -0.25) is 33.7 Å². The van der Waals surface area contributed by atoms with Crippen LogP contribution in [0.15, 0.2) is 97.1 Å². The minimum Gasteiger partial charge on any atom is -0.481 e. The third kappa shape index (κ3) is 15.1. The van der Waals surface area contributed by atoms with Gasteiger partial charge in [-0.1, -0.05) is 119 Å². The fourth-order valence-electron chi connectivity index (χ4n) is 7.03. The number of ether oxygens (including phenoxy) is 2. The van der Waals surface area contributed by atoms with E-state index >= 15 is 0 Å². The van der Waals surface area contributed by atoms with Gasteiger partial charge in [0.25, 0.3) is 0 Å². The number of carbonyl (C=O) groups excluding carboxylic acids is 5. The van der Waals surface area contributed by atoms with Gasteiger partial charge in [-0.2, -0.15) is 0 Å². The van der Waals surface area contributed by atoms with E-state index in [1.165, 1.54) is 39.6 Å². The van der Waals surface area contributed by atoms with Gasteiger partial charge in [-0.15, -0.1) is 0 Å². The molecule has 1 heterocycles. The van der Waals surface area contributed by atoms with Gasteiger partial charge >= 0.3 is 30.1 Å². The SMILES string of the molecule is C.C.CC(CC(=O)C(C)NC(=O)OCC1c2ccccc2-c2ccccc21)C(=O)O.CC(N)C(=O)O.CC(NC(=O)OCC1c2ccccc2-c2ccccc21)C(=O)O.CN1C(=O)CCC1=O. The molecule has 0 spiro atoms. The number of likely N-dealkylation sites (tertiary alicyclic amines) is 1. The summed E-state index contributed by atoms with van der Waals surface area (Å²) >= 11 is 0. The molecule has 17 heteroatoms. The number of rotatable bonds is 12. The van der Waals surface area contributed by atoms with Crippen molar-refractivity contribution in [3.8, 4) is 22.3 Å². The molecule has 360 valence electrons. The Morgan fingerprint density at radius 3 is 1.16 bits per heavy atom. The predicted molar refractivity (Wildman–Crippen MR) is 251 cm³/mol. The Kier molecular flexibility index (Phi) is 21.6. The number of carboxylic acid groups (broad SMARTS) is 3. The maximum absolute atomic E-state index is 12.2. The molecule has 7 N–H and O–H groups in total. The van der Waals surface area contributed by atoms with Crippen LogP contribution in [0.25, 0.3) is 22.3 Å². The summed E-state index contributed by atoms with van der Waals surface area (Å²) in [5, 5.41) is 30.3. The van der Waals surface area contributed by atoms with Crippen molar-refractivity contribution in [1.82, 2.24) is 15.5 Å². The monoisotopic (exact) mass is 926 g/mol. The van der Waals surface area contributed by atoms with Gasteiger partial charge in [0.05, 0.1) is 12.0 Å². The minimum absolute atomic E-state index is 0. The van der Waals surface area contributed by atoms with E-state index in [1.54, 1.807) is 0 Å². The first-order valence-corrected chi connectivity index (χ1v) is 20.8. The first-order valence-electron chi connectivity index (χ1n) is 20.8. The molecule has 2 aliphatic carbocycles. The van der Waals surface area contributed by atoms with Gasteiger partial charge in [-0.05, 0) is 65.3 Å². The van der Waals surface area contributed by atoms with E-state index in [9.17, 15) is 38.4 Å². The Hall–Kier alpha value is -7.40. The summed E-state index contributed by atoms with van der Waals surface area (Å²) in [5.41, 5.74) is 13.9. The third-order valence-electron chi connectivity index (χ3n) is 10.8. The van der Waals surface area contributed by atoms with Gasteiger partial charge in [-0.25, -0.2) is 9.59 Å². The molecule has 0 saturated carbocycles. The van der Waals surface area contributed by atoms with E-state index in [-0.39, 0.29) is 63.9 Å². The molecule has 0 aromatic heterocycles. The van der Waals surface area contributed by atoms with Crippen LogP contribution in [0.4, 0.5) is 9.59 Å². The zero-order valence-electron chi connectivity index (χ0n) is 36.7. The second-order valence-electron chi connectivity index (χ2n) is 15.6. The van der Waals surface area contributed by atoms with Crippen molar-refractivity contribution in [2.75, 3.05) is 20.3 Å². The Labute approximate surface area is 390 Å². The van der Waals surface area contributed by atoms with Gasteiger partial charge < -0.3 is 41.2 Å². The molecule has 1 fully saturated rings. The second-order valence-corrected chi connectivity index (χ2v) is 15.6. The van der Waals surface area contributed by atoms with Crippen LogP contribution in [0.5, 0.6) is 0 Å². The van der Waals surface area contributed by atoms with E-state index in [0.717, 1.165) is 44.5 Å². The lowest BCUT2D eigenvalue weighted by Gasteiger charge is -2.17. The number of amides is 4. The summed E-state index contributed by atoms with van der Waals surface area (Å²) in [6.45, 7) is 6.13. The number of nitrogens with zero attached hydrogens (tertiary/aromatic N) is 1. The number of aliphatic carboxylic acids is 3. The number of hydrogen-bond donors (Lipinski definition) is 6. The summed E-state index contributed by atoms with van der Waals surface area (Å²) in [7, 11) is 1.51. The predicted octanol–water partition coefficient (Wildman–Crippen LogP) is 7.05. The summed E-state index contributed by atoms with van der Waals surface area (Å²) in [6, 6.07) is 29.6. The third-order valence-corrected chi connectivity index (χ3v) is 10.8. The first kappa shape index (κ1) is 55.7. The number of benzene rings is 4. The summed E-state index contributed by atoms with van der Waals surface area (Å²) < 4.78 is 10.6. The van der Waals surface area contributed by atoms with Gasteiger partial charge in [0.2, 0.25) is 11.8 Å². The number of hydrogen-bond acceptors (Lipinski definition) is 11. The Morgan fingerprint density at radius 2 is 0.896 bits per heavy atom. The molecule has 4 amide bonds. The largest absolute Gasteiger partial charge is 0.481 e. The molecule has 67 heavy (non-hydrogen) atoms. The van der Waals surface area contributed by atoms with E-state index in [0.29, 0.717) is 12.8 Å². The lowest BCUT2D eigenvalue weighted by atomic mass is 9.98. The molecule has 1 aliphatic heterocycles. The number of ketones is 1. The Morgan fingerprint density at radius 1 is 0.582 bits per heavy atom.